The highest BCUT2D eigenvalue weighted by atomic mass is 35.5. The zero-order chi connectivity index (χ0) is 27.8. The molecule has 0 saturated heterocycles. The van der Waals surface area contributed by atoms with E-state index in [0.29, 0.717) is 0 Å². The quantitative estimate of drug-likeness (QED) is 0.195. The number of anilines is 3. The summed E-state index contributed by atoms with van der Waals surface area (Å²) >= 11 is 8.33. The Kier molecular flexibility index (Phi) is 5.16. The molecular weight excluding hydrogens is 554 g/mol. The molecule has 0 saturated carbocycles. The Morgan fingerprint density at radius 2 is 1.26 bits per heavy atom. The maximum absolute atomic E-state index is 6.50. The van der Waals surface area contributed by atoms with Crippen LogP contribution in [0.25, 0.3) is 63.7 Å². The number of para-hydroxylation sites is 3. The van der Waals surface area contributed by atoms with Crippen molar-refractivity contribution in [1.82, 2.24) is 0 Å². The van der Waals surface area contributed by atoms with Crippen LogP contribution in [-0.2, 0) is 0 Å². The van der Waals surface area contributed by atoms with Crippen molar-refractivity contribution in [1.29, 1.82) is 0 Å². The first-order chi connectivity index (χ1) is 20.7. The number of rotatable bonds is 3. The van der Waals surface area contributed by atoms with Gasteiger partial charge in [0.25, 0.3) is 0 Å². The number of hydrogen-bond acceptors (Lipinski definition) is 3. The molecule has 198 valence electrons. The third-order valence-corrected chi connectivity index (χ3v) is 9.70. The van der Waals surface area contributed by atoms with Gasteiger partial charge >= 0.3 is 0 Å². The van der Waals surface area contributed by atoms with E-state index in [-0.39, 0.29) is 0 Å². The Bertz CT molecular complexity index is 2490. The van der Waals surface area contributed by atoms with Gasteiger partial charge in [0.2, 0.25) is 0 Å². The number of benzene rings is 7. The van der Waals surface area contributed by atoms with Gasteiger partial charge in [-0.3, -0.25) is 0 Å². The lowest BCUT2D eigenvalue weighted by molar-refractivity contribution is 0.669. The first kappa shape index (κ1) is 23.8. The van der Waals surface area contributed by atoms with E-state index >= 15 is 0 Å². The molecule has 42 heavy (non-hydrogen) atoms. The summed E-state index contributed by atoms with van der Waals surface area (Å²) in [6, 6.07) is 47.0. The smallest absolute Gasteiger partial charge is 0.159 e. The molecule has 0 amide bonds. The van der Waals surface area contributed by atoms with Gasteiger partial charge in [-0.25, -0.2) is 0 Å². The summed E-state index contributed by atoms with van der Waals surface area (Å²) < 4.78 is 9.03. The van der Waals surface area contributed by atoms with Crippen molar-refractivity contribution >= 4 is 104 Å². The van der Waals surface area contributed by atoms with Crippen LogP contribution < -0.4 is 4.90 Å². The van der Waals surface area contributed by atoms with Crippen LogP contribution >= 0.6 is 22.9 Å². The van der Waals surface area contributed by atoms with Gasteiger partial charge in [-0.05, 0) is 64.7 Å². The molecule has 2 nitrogen and oxygen atoms in total. The van der Waals surface area contributed by atoms with Gasteiger partial charge < -0.3 is 9.32 Å². The number of halogens is 1. The van der Waals surface area contributed by atoms with E-state index in [0.717, 1.165) is 44.0 Å². The second-order valence-corrected chi connectivity index (χ2v) is 12.1. The first-order valence-corrected chi connectivity index (χ1v) is 15.2. The van der Waals surface area contributed by atoms with E-state index in [1.165, 1.54) is 41.7 Å². The zero-order valence-corrected chi connectivity index (χ0v) is 23.9. The summed E-state index contributed by atoms with van der Waals surface area (Å²) in [5, 5.41) is 10.5. The maximum Gasteiger partial charge on any atom is 0.159 e. The minimum absolute atomic E-state index is 0.758. The third-order valence-electron chi connectivity index (χ3n) is 8.28. The standard InChI is InChI=1S/C38H22ClNOS/c39-23-17-19-30-32(21-23)26-11-4-5-13-28(26)36-31-20-18-25(22-35(31)42-38(30)36)40(24-9-2-1-3-10-24)33-15-8-14-29-27-12-6-7-16-34(27)41-37(29)33/h1-22H. The minimum atomic E-state index is 0.758. The van der Waals surface area contributed by atoms with Crippen molar-refractivity contribution in [3.05, 3.63) is 138 Å². The molecule has 0 atom stereocenters. The largest absolute Gasteiger partial charge is 0.454 e. The van der Waals surface area contributed by atoms with Crippen LogP contribution in [0.2, 0.25) is 5.02 Å². The second-order valence-electron chi connectivity index (χ2n) is 10.6. The summed E-state index contributed by atoms with van der Waals surface area (Å²) in [6.07, 6.45) is 0. The van der Waals surface area contributed by atoms with Crippen LogP contribution in [0.15, 0.2) is 138 Å². The molecule has 9 rings (SSSR count). The predicted octanol–water partition coefficient (Wildman–Crippen LogP) is 12.4. The third kappa shape index (κ3) is 3.45. The van der Waals surface area contributed by atoms with Gasteiger partial charge in [-0.15, -0.1) is 11.3 Å². The van der Waals surface area contributed by atoms with E-state index in [1.807, 2.05) is 29.5 Å². The van der Waals surface area contributed by atoms with Crippen LogP contribution in [0, 0.1) is 0 Å². The molecule has 0 spiro atoms. The SMILES string of the molecule is Clc1ccc2c(c1)c1ccccc1c1c3ccc(N(c4ccccc4)c4cccc5c4oc4ccccc45)cc3sc21. The van der Waals surface area contributed by atoms with Crippen molar-refractivity contribution in [2.75, 3.05) is 4.90 Å². The molecule has 0 fully saturated rings. The Labute approximate surface area is 250 Å². The molecule has 0 aliphatic rings. The molecule has 0 aliphatic heterocycles. The number of thiophene rings is 1. The highest BCUT2D eigenvalue weighted by molar-refractivity contribution is 7.27. The topological polar surface area (TPSA) is 16.4 Å². The Balaban J connectivity index is 1.34. The Morgan fingerprint density at radius 1 is 0.524 bits per heavy atom. The molecule has 0 unspecified atom stereocenters. The average molecular weight is 576 g/mol. The molecule has 7 aromatic carbocycles. The molecule has 9 aromatic rings. The van der Waals surface area contributed by atoms with E-state index in [4.69, 9.17) is 16.0 Å². The monoisotopic (exact) mass is 575 g/mol. The van der Waals surface area contributed by atoms with E-state index < -0.39 is 0 Å². The molecule has 0 radical (unpaired) electrons. The molecule has 0 N–H and O–H groups in total. The fourth-order valence-corrected chi connectivity index (χ4v) is 7.93. The van der Waals surface area contributed by atoms with Gasteiger partial charge in [-0.1, -0.05) is 96.5 Å². The van der Waals surface area contributed by atoms with Gasteiger partial charge in [0, 0.05) is 52.7 Å². The molecule has 2 heterocycles. The second kappa shape index (κ2) is 9.09. The van der Waals surface area contributed by atoms with Crippen LogP contribution in [-0.4, -0.2) is 0 Å². The molecule has 2 aromatic heterocycles. The maximum atomic E-state index is 6.50. The lowest BCUT2D eigenvalue weighted by Crippen LogP contribution is -2.09. The lowest BCUT2D eigenvalue weighted by Gasteiger charge is -2.25. The van der Waals surface area contributed by atoms with Gasteiger partial charge in [0.1, 0.15) is 5.58 Å². The van der Waals surface area contributed by atoms with Gasteiger partial charge in [0.05, 0.1) is 5.69 Å². The normalized spacial score (nSPS) is 11.9. The predicted molar refractivity (Wildman–Crippen MR) is 181 cm³/mol. The fraction of sp³-hybridized carbons (Fsp3) is 0. The molecular formula is C38H22ClNOS. The van der Waals surface area contributed by atoms with Crippen molar-refractivity contribution in [3.8, 4) is 0 Å². The highest BCUT2D eigenvalue weighted by Gasteiger charge is 2.21. The summed E-state index contributed by atoms with van der Waals surface area (Å²) in [5.74, 6) is 0. The molecule has 0 bridgehead atoms. The summed E-state index contributed by atoms with van der Waals surface area (Å²) in [5.41, 5.74) is 4.96. The van der Waals surface area contributed by atoms with Crippen molar-refractivity contribution < 1.29 is 4.42 Å². The van der Waals surface area contributed by atoms with Crippen molar-refractivity contribution in [2.24, 2.45) is 0 Å². The van der Waals surface area contributed by atoms with Crippen molar-refractivity contribution in [2.45, 2.75) is 0 Å². The first-order valence-electron chi connectivity index (χ1n) is 14.0. The van der Waals surface area contributed by atoms with Crippen molar-refractivity contribution in [3.63, 3.8) is 0 Å². The Morgan fingerprint density at radius 3 is 2.14 bits per heavy atom. The van der Waals surface area contributed by atoms with Crippen LogP contribution in [0.4, 0.5) is 17.1 Å². The van der Waals surface area contributed by atoms with E-state index in [1.54, 1.807) is 0 Å². The van der Waals surface area contributed by atoms with E-state index in [9.17, 15) is 0 Å². The van der Waals surface area contributed by atoms with Crippen LogP contribution in [0.1, 0.15) is 0 Å². The minimum Gasteiger partial charge on any atom is -0.454 e. The van der Waals surface area contributed by atoms with E-state index in [2.05, 4.69) is 120 Å². The number of furan rings is 1. The van der Waals surface area contributed by atoms with Gasteiger partial charge in [-0.2, -0.15) is 0 Å². The molecule has 4 heteroatoms. The number of hydrogen-bond donors (Lipinski definition) is 0. The van der Waals surface area contributed by atoms with Crippen LogP contribution in [0.3, 0.4) is 0 Å². The summed E-state index contributed by atoms with van der Waals surface area (Å²) in [7, 11) is 0. The molecule has 0 aliphatic carbocycles. The zero-order valence-electron chi connectivity index (χ0n) is 22.3. The number of nitrogens with zero attached hydrogens (tertiary/aromatic N) is 1. The van der Waals surface area contributed by atoms with Crippen LogP contribution in [0.5, 0.6) is 0 Å². The fourth-order valence-electron chi connectivity index (χ4n) is 6.47. The average Bonchev–Trinajstić information content (AvgIpc) is 3.61. The summed E-state index contributed by atoms with van der Waals surface area (Å²) in [6.45, 7) is 0. The summed E-state index contributed by atoms with van der Waals surface area (Å²) in [4.78, 5) is 2.31. The number of fused-ring (bicyclic) bond motifs is 11. The Hall–Kier alpha value is -4.83. The highest BCUT2D eigenvalue weighted by Crippen LogP contribution is 2.47. The van der Waals surface area contributed by atoms with Gasteiger partial charge in [0.15, 0.2) is 5.58 Å². The lowest BCUT2D eigenvalue weighted by atomic mass is 9.97.